The van der Waals surface area contributed by atoms with Gasteiger partial charge >= 0.3 is 5.97 Å². The molecule has 41 heavy (non-hydrogen) atoms. The number of hydrogen-bond acceptors (Lipinski definition) is 6. The van der Waals surface area contributed by atoms with E-state index in [1.165, 1.54) is 11.3 Å². The third-order valence-electron chi connectivity index (χ3n) is 6.56. The normalized spacial score (nSPS) is 14.3. The maximum Gasteiger partial charge on any atom is 0.356 e. The van der Waals surface area contributed by atoms with E-state index in [0.717, 1.165) is 41.7 Å². The van der Waals surface area contributed by atoms with Crippen LogP contribution in [0.5, 0.6) is 0 Å². The highest BCUT2D eigenvalue weighted by Gasteiger charge is 2.30. The minimum atomic E-state index is -3.75. The standard InChI is InChI=1S/C31H39N3O5S2/c1-6-8-12-25-27(29(36)39-7-2)34(30(40-25)32-28(35)23-18-19-23)20-21-14-16-22(17-15-21)24-11-9-10-13-26(24)41(37,38)33-31(3,4)5/h9-11,13-17,23,33H,6-8,12,18-20H2,1-5H3. The van der Waals surface area contributed by atoms with Gasteiger partial charge < -0.3 is 9.30 Å². The van der Waals surface area contributed by atoms with Gasteiger partial charge in [0.1, 0.15) is 5.69 Å². The number of rotatable bonds is 11. The molecule has 0 aliphatic heterocycles. The van der Waals surface area contributed by atoms with E-state index >= 15 is 0 Å². The highest BCUT2D eigenvalue weighted by Crippen LogP contribution is 2.31. The molecule has 1 amide bonds. The van der Waals surface area contributed by atoms with E-state index < -0.39 is 21.5 Å². The first-order valence-electron chi connectivity index (χ1n) is 14.1. The van der Waals surface area contributed by atoms with Crippen LogP contribution in [-0.4, -0.2) is 37.0 Å². The molecule has 2 aromatic carbocycles. The van der Waals surface area contributed by atoms with E-state index in [-0.39, 0.29) is 23.3 Å². The zero-order valence-corrected chi connectivity index (χ0v) is 26.0. The number of benzene rings is 2. The summed E-state index contributed by atoms with van der Waals surface area (Å²) in [6, 6.07) is 14.5. The molecule has 0 saturated heterocycles. The van der Waals surface area contributed by atoms with E-state index in [2.05, 4.69) is 16.6 Å². The summed E-state index contributed by atoms with van der Waals surface area (Å²) in [6.45, 7) is 9.85. The second-order valence-electron chi connectivity index (χ2n) is 11.3. The molecule has 0 atom stereocenters. The summed E-state index contributed by atoms with van der Waals surface area (Å²) in [5.41, 5.74) is 2.05. The molecule has 1 aliphatic carbocycles. The van der Waals surface area contributed by atoms with Crippen molar-refractivity contribution in [3.63, 3.8) is 0 Å². The molecule has 8 nitrogen and oxygen atoms in total. The lowest BCUT2D eigenvalue weighted by atomic mass is 10.0. The third-order valence-corrected chi connectivity index (χ3v) is 9.52. The highest BCUT2D eigenvalue weighted by molar-refractivity contribution is 7.89. The van der Waals surface area contributed by atoms with Gasteiger partial charge in [-0.05, 0) is 70.6 Å². The van der Waals surface area contributed by atoms with Gasteiger partial charge in [-0.15, -0.1) is 11.3 Å². The number of sulfonamides is 1. The summed E-state index contributed by atoms with van der Waals surface area (Å²) in [6.07, 6.45) is 4.28. The number of amides is 1. The number of nitrogens with zero attached hydrogens (tertiary/aromatic N) is 2. The average molecular weight is 598 g/mol. The summed E-state index contributed by atoms with van der Waals surface area (Å²) >= 11 is 1.38. The fraction of sp³-hybridized carbons (Fsp3) is 0.452. The molecule has 1 aliphatic rings. The van der Waals surface area contributed by atoms with E-state index in [4.69, 9.17) is 4.74 Å². The van der Waals surface area contributed by atoms with E-state index in [1.54, 1.807) is 50.5 Å². The number of nitrogens with one attached hydrogen (secondary N) is 1. The summed E-state index contributed by atoms with van der Waals surface area (Å²) < 4.78 is 36.3. The minimum absolute atomic E-state index is 0.0286. The number of esters is 1. The molecule has 0 spiro atoms. The molecule has 10 heteroatoms. The van der Waals surface area contributed by atoms with E-state index in [9.17, 15) is 18.0 Å². The van der Waals surface area contributed by atoms with Gasteiger partial charge in [0, 0.05) is 21.9 Å². The van der Waals surface area contributed by atoms with Gasteiger partial charge in [-0.25, -0.2) is 17.9 Å². The van der Waals surface area contributed by atoms with Crippen molar-refractivity contribution in [1.82, 2.24) is 9.29 Å². The fourth-order valence-electron chi connectivity index (χ4n) is 4.51. The lowest BCUT2D eigenvalue weighted by Crippen LogP contribution is -2.40. The molecule has 1 saturated carbocycles. The largest absolute Gasteiger partial charge is 0.461 e. The molecule has 0 unspecified atom stereocenters. The van der Waals surface area contributed by atoms with Crippen LogP contribution in [0.3, 0.4) is 0 Å². The van der Waals surface area contributed by atoms with Crippen molar-refractivity contribution in [2.45, 2.75) is 83.7 Å². The van der Waals surface area contributed by atoms with Crippen molar-refractivity contribution in [2.24, 2.45) is 10.9 Å². The third kappa shape index (κ3) is 7.81. The van der Waals surface area contributed by atoms with Crippen LogP contribution in [0.1, 0.15) is 81.2 Å². The number of unbranched alkanes of at least 4 members (excludes halogenated alkanes) is 1. The molecular weight excluding hydrogens is 558 g/mol. The Labute approximate surface area is 246 Å². The van der Waals surface area contributed by atoms with E-state index in [0.29, 0.717) is 29.0 Å². The van der Waals surface area contributed by atoms with Crippen LogP contribution < -0.4 is 9.52 Å². The average Bonchev–Trinajstić information content (AvgIpc) is 3.71. The first-order valence-corrected chi connectivity index (χ1v) is 16.4. The maximum absolute atomic E-state index is 13.2. The van der Waals surface area contributed by atoms with Gasteiger partial charge in [0.15, 0.2) is 4.80 Å². The van der Waals surface area contributed by atoms with Crippen LogP contribution in [0.15, 0.2) is 58.4 Å². The van der Waals surface area contributed by atoms with Gasteiger partial charge in [-0.1, -0.05) is 55.8 Å². The zero-order chi connectivity index (χ0) is 29.8. The Balaban J connectivity index is 1.73. The quantitative estimate of drug-likeness (QED) is 0.286. The number of aromatic nitrogens is 1. The predicted molar refractivity (Wildman–Crippen MR) is 161 cm³/mol. The first kappa shape index (κ1) is 30.9. The van der Waals surface area contributed by atoms with Crippen LogP contribution in [0.4, 0.5) is 0 Å². The number of carbonyl (C=O) groups is 2. The number of thiazole rings is 1. The number of ether oxygens (including phenoxy) is 1. The van der Waals surface area contributed by atoms with Gasteiger partial charge in [-0.2, -0.15) is 4.99 Å². The van der Waals surface area contributed by atoms with Crippen LogP contribution in [0, 0.1) is 5.92 Å². The first-order chi connectivity index (χ1) is 19.4. The monoisotopic (exact) mass is 597 g/mol. The zero-order valence-electron chi connectivity index (χ0n) is 24.4. The Morgan fingerprint density at radius 1 is 1.07 bits per heavy atom. The number of hydrogen-bond donors (Lipinski definition) is 1. The molecular formula is C31H39N3O5S2. The van der Waals surface area contributed by atoms with Gasteiger partial charge in [0.2, 0.25) is 10.0 Å². The van der Waals surface area contributed by atoms with Gasteiger partial charge in [-0.3, -0.25) is 4.79 Å². The molecule has 0 bridgehead atoms. The van der Waals surface area contributed by atoms with Crippen molar-refractivity contribution in [2.75, 3.05) is 6.61 Å². The SMILES string of the molecule is CCCCc1sc(=NC(=O)C2CC2)n(Cc2ccc(-c3ccccc3S(=O)(=O)NC(C)(C)C)cc2)c1C(=O)OCC. The molecule has 1 N–H and O–H groups in total. The number of carbonyl (C=O) groups excluding carboxylic acids is 2. The lowest BCUT2D eigenvalue weighted by molar-refractivity contribution is -0.119. The van der Waals surface area contributed by atoms with Crippen LogP contribution in [0.2, 0.25) is 0 Å². The summed E-state index contributed by atoms with van der Waals surface area (Å²) in [5, 5.41) is 0. The van der Waals surface area contributed by atoms with Crippen LogP contribution in [0.25, 0.3) is 11.1 Å². The summed E-state index contributed by atoms with van der Waals surface area (Å²) in [7, 11) is -3.75. The minimum Gasteiger partial charge on any atom is -0.461 e. The van der Waals surface area contributed by atoms with Crippen molar-refractivity contribution < 1.29 is 22.7 Å². The number of aryl methyl sites for hydroxylation is 1. The molecule has 220 valence electrons. The molecule has 1 fully saturated rings. The highest BCUT2D eigenvalue weighted by atomic mass is 32.2. The fourth-order valence-corrected chi connectivity index (χ4v) is 7.31. The van der Waals surface area contributed by atoms with Crippen molar-refractivity contribution in [3.05, 3.63) is 69.5 Å². The molecule has 0 radical (unpaired) electrons. The van der Waals surface area contributed by atoms with Crippen molar-refractivity contribution >= 4 is 33.2 Å². The maximum atomic E-state index is 13.2. The molecule has 3 aromatic rings. The summed E-state index contributed by atoms with van der Waals surface area (Å²) in [5.74, 6) is -0.592. The Morgan fingerprint density at radius 2 is 1.76 bits per heavy atom. The summed E-state index contributed by atoms with van der Waals surface area (Å²) in [4.78, 5) is 31.8. The Hall–Kier alpha value is -3.08. The van der Waals surface area contributed by atoms with Crippen molar-refractivity contribution in [1.29, 1.82) is 0 Å². The van der Waals surface area contributed by atoms with Crippen LogP contribution in [-0.2, 0) is 32.5 Å². The molecule has 1 aromatic heterocycles. The Bertz CT molecular complexity index is 1570. The molecule has 1 heterocycles. The topological polar surface area (TPSA) is 107 Å². The lowest BCUT2D eigenvalue weighted by Gasteiger charge is -2.21. The van der Waals surface area contributed by atoms with Gasteiger partial charge in [0.25, 0.3) is 5.91 Å². The Morgan fingerprint density at radius 3 is 2.37 bits per heavy atom. The van der Waals surface area contributed by atoms with Crippen LogP contribution >= 0.6 is 11.3 Å². The second kappa shape index (κ2) is 12.8. The van der Waals surface area contributed by atoms with Gasteiger partial charge in [0.05, 0.1) is 18.0 Å². The second-order valence-corrected chi connectivity index (χ2v) is 14.1. The van der Waals surface area contributed by atoms with E-state index in [1.807, 2.05) is 30.3 Å². The van der Waals surface area contributed by atoms with Crippen molar-refractivity contribution in [3.8, 4) is 11.1 Å². The molecule has 4 rings (SSSR count). The Kier molecular flexibility index (Phi) is 9.66. The smallest absolute Gasteiger partial charge is 0.356 e. The predicted octanol–water partition coefficient (Wildman–Crippen LogP) is 5.70.